The molecule has 0 aliphatic carbocycles. The van der Waals surface area contributed by atoms with Crippen LogP contribution in [0.3, 0.4) is 0 Å². The van der Waals surface area contributed by atoms with Crippen molar-refractivity contribution >= 4 is 16.8 Å². The highest BCUT2D eigenvalue weighted by molar-refractivity contribution is 5.86. The van der Waals surface area contributed by atoms with E-state index in [1.54, 1.807) is 7.11 Å². The maximum absolute atomic E-state index is 13.2. The molecule has 0 saturated heterocycles. The number of fused-ring (bicyclic) bond motifs is 1. The Labute approximate surface area is 177 Å². The molecule has 0 fully saturated rings. The maximum atomic E-state index is 13.2. The molecule has 0 N–H and O–H groups in total. The maximum Gasteiger partial charge on any atom is 0.242 e. The summed E-state index contributed by atoms with van der Waals surface area (Å²) >= 11 is 0. The van der Waals surface area contributed by atoms with Gasteiger partial charge in [-0.1, -0.05) is 32.0 Å². The van der Waals surface area contributed by atoms with E-state index in [0.29, 0.717) is 10.9 Å². The molecule has 0 bridgehead atoms. The summed E-state index contributed by atoms with van der Waals surface area (Å²) in [6.45, 7) is 7.85. The Balaban J connectivity index is 2.11. The van der Waals surface area contributed by atoms with Crippen LogP contribution in [-0.4, -0.2) is 35.6 Å². The summed E-state index contributed by atoms with van der Waals surface area (Å²) in [4.78, 5) is 28.2. The first-order chi connectivity index (χ1) is 14.5. The van der Waals surface area contributed by atoms with E-state index in [4.69, 9.17) is 4.74 Å². The minimum absolute atomic E-state index is 0.0298. The fourth-order valence-electron chi connectivity index (χ4n) is 3.75. The van der Waals surface area contributed by atoms with Crippen LogP contribution in [0.1, 0.15) is 32.3 Å². The zero-order chi connectivity index (χ0) is 21.7. The lowest BCUT2D eigenvalue weighted by Gasteiger charge is -2.23. The number of ether oxygens (including phenoxy) is 1. The molecule has 1 heterocycles. The number of benzene rings is 2. The summed E-state index contributed by atoms with van der Waals surface area (Å²) in [6, 6.07) is 13.2. The lowest BCUT2D eigenvalue weighted by atomic mass is 10.0. The summed E-state index contributed by atoms with van der Waals surface area (Å²) in [6.07, 6.45) is 3.67. The van der Waals surface area contributed by atoms with Crippen molar-refractivity contribution in [2.45, 2.75) is 40.2 Å². The van der Waals surface area contributed by atoms with E-state index in [-0.39, 0.29) is 17.9 Å². The molecule has 0 saturated carbocycles. The Morgan fingerprint density at radius 3 is 2.30 bits per heavy atom. The van der Waals surface area contributed by atoms with Crippen molar-refractivity contribution in [1.29, 1.82) is 0 Å². The highest BCUT2D eigenvalue weighted by Crippen LogP contribution is 2.23. The molecule has 0 unspecified atom stereocenters. The molecular formula is C25H30N2O3. The molecule has 1 aromatic heterocycles. The Kier molecular flexibility index (Phi) is 6.93. The number of methoxy groups -OCH3 is 1. The van der Waals surface area contributed by atoms with E-state index in [2.05, 4.69) is 13.8 Å². The molecule has 0 aliphatic rings. The van der Waals surface area contributed by atoms with Crippen molar-refractivity contribution in [2.24, 2.45) is 0 Å². The fraction of sp³-hybridized carbons (Fsp3) is 0.360. The average molecular weight is 407 g/mol. The Bertz CT molecular complexity index is 1080. The third kappa shape index (κ3) is 4.56. The molecule has 3 aromatic rings. The van der Waals surface area contributed by atoms with Gasteiger partial charge in [0.15, 0.2) is 5.43 Å². The molecule has 0 aliphatic heterocycles. The summed E-state index contributed by atoms with van der Waals surface area (Å²) < 4.78 is 7.15. The standard InChI is InChI=1S/C25H30N2O3/c1-5-13-26(14-6-2)24(28)17-27-16-22(19-8-10-20(30-4)11-9-19)25(29)21-12-7-18(3)15-23(21)27/h7-12,15-16H,5-6,13-14,17H2,1-4H3. The van der Waals surface area contributed by atoms with Crippen LogP contribution in [0.4, 0.5) is 0 Å². The van der Waals surface area contributed by atoms with Crippen LogP contribution in [-0.2, 0) is 11.3 Å². The van der Waals surface area contributed by atoms with Crippen molar-refractivity contribution in [3.63, 3.8) is 0 Å². The van der Waals surface area contributed by atoms with Gasteiger partial charge in [0.2, 0.25) is 5.91 Å². The van der Waals surface area contributed by atoms with E-state index >= 15 is 0 Å². The summed E-state index contributed by atoms with van der Waals surface area (Å²) in [7, 11) is 1.62. The number of carbonyl (C=O) groups excluding carboxylic acids is 1. The van der Waals surface area contributed by atoms with Crippen LogP contribution in [0, 0.1) is 6.92 Å². The normalized spacial score (nSPS) is 10.9. The molecule has 3 rings (SSSR count). The van der Waals surface area contributed by atoms with Crippen molar-refractivity contribution in [3.05, 3.63) is 64.4 Å². The first kappa shape index (κ1) is 21.6. The second-order valence-electron chi connectivity index (χ2n) is 7.63. The van der Waals surface area contributed by atoms with Gasteiger partial charge in [0.1, 0.15) is 12.3 Å². The van der Waals surface area contributed by atoms with Crippen LogP contribution in [0.5, 0.6) is 5.75 Å². The zero-order valence-corrected chi connectivity index (χ0v) is 18.3. The van der Waals surface area contributed by atoms with Crippen LogP contribution in [0.2, 0.25) is 0 Å². The van der Waals surface area contributed by atoms with Gasteiger partial charge in [0.25, 0.3) is 0 Å². The molecule has 5 heteroatoms. The van der Waals surface area contributed by atoms with Gasteiger partial charge in [0, 0.05) is 30.2 Å². The first-order valence-corrected chi connectivity index (χ1v) is 10.5. The summed E-state index contributed by atoms with van der Waals surface area (Å²) in [5.41, 5.74) is 3.21. The predicted octanol–water partition coefficient (Wildman–Crippen LogP) is 4.63. The molecule has 0 spiro atoms. The molecule has 1 amide bonds. The van der Waals surface area contributed by atoms with Crippen LogP contribution in [0.15, 0.2) is 53.5 Å². The highest BCUT2D eigenvalue weighted by atomic mass is 16.5. The number of aryl methyl sites for hydroxylation is 1. The number of rotatable bonds is 8. The van der Waals surface area contributed by atoms with Crippen molar-refractivity contribution < 1.29 is 9.53 Å². The van der Waals surface area contributed by atoms with Crippen molar-refractivity contribution in [3.8, 4) is 16.9 Å². The SMILES string of the molecule is CCCN(CCC)C(=O)Cn1cc(-c2ccc(OC)cc2)c(=O)c2ccc(C)cc21. The van der Waals surface area contributed by atoms with E-state index < -0.39 is 0 Å². The van der Waals surface area contributed by atoms with Gasteiger partial charge in [-0.3, -0.25) is 9.59 Å². The number of hydrogen-bond acceptors (Lipinski definition) is 3. The molecular weight excluding hydrogens is 376 g/mol. The topological polar surface area (TPSA) is 51.5 Å². The smallest absolute Gasteiger partial charge is 0.242 e. The van der Waals surface area contributed by atoms with Crippen molar-refractivity contribution in [1.82, 2.24) is 9.47 Å². The number of pyridine rings is 1. The van der Waals surface area contributed by atoms with Crippen LogP contribution < -0.4 is 10.2 Å². The van der Waals surface area contributed by atoms with E-state index in [1.165, 1.54) is 0 Å². The van der Waals surface area contributed by atoms with E-state index in [9.17, 15) is 9.59 Å². The number of carbonyl (C=O) groups is 1. The minimum Gasteiger partial charge on any atom is -0.497 e. The molecule has 0 atom stereocenters. The number of amides is 1. The van der Waals surface area contributed by atoms with Gasteiger partial charge in [-0.05, 0) is 55.2 Å². The fourth-order valence-corrected chi connectivity index (χ4v) is 3.75. The van der Waals surface area contributed by atoms with Gasteiger partial charge in [0.05, 0.1) is 12.6 Å². The third-order valence-corrected chi connectivity index (χ3v) is 5.28. The van der Waals surface area contributed by atoms with E-state index in [1.807, 2.05) is 65.1 Å². The van der Waals surface area contributed by atoms with Gasteiger partial charge < -0.3 is 14.2 Å². The number of aromatic nitrogens is 1. The van der Waals surface area contributed by atoms with Gasteiger partial charge in [-0.2, -0.15) is 0 Å². The summed E-state index contributed by atoms with van der Waals surface area (Å²) in [5, 5.41) is 0.624. The van der Waals surface area contributed by atoms with Crippen LogP contribution >= 0.6 is 0 Å². The molecule has 0 radical (unpaired) electrons. The minimum atomic E-state index is -0.0298. The largest absolute Gasteiger partial charge is 0.497 e. The summed E-state index contributed by atoms with van der Waals surface area (Å²) in [5.74, 6) is 0.811. The third-order valence-electron chi connectivity index (χ3n) is 5.28. The van der Waals surface area contributed by atoms with Gasteiger partial charge in [-0.15, -0.1) is 0 Å². The quantitative estimate of drug-likeness (QED) is 0.548. The molecule has 158 valence electrons. The molecule has 5 nitrogen and oxygen atoms in total. The Morgan fingerprint density at radius 1 is 1.03 bits per heavy atom. The first-order valence-electron chi connectivity index (χ1n) is 10.5. The molecule has 30 heavy (non-hydrogen) atoms. The molecule has 2 aromatic carbocycles. The van der Waals surface area contributed by atoms with Gasteiger partial charge >= 0.3 is 0 Å². The zero-order valence-electron chi connectivity index (χ0n) is 18.3. The second kappa shape index (κ2) is 9.61. The predicted molar refractivity (Wildman–Crippen MR) is 122 cm³/mol. The van der Waals surface area contributed by atoms with Gasteiger partial charge in [-0.25, -0.2) is 0 Å². The lowest BCUT2D eigenvalue weighted by Crippen LogP contribution is -2.35. The Hall–Kier alpha value is -3.08. The van der Waals surface area contributed by atoms with E-state index in [0.717, 1.165) is 48.3 Å². The average Bonchev–Trinajstić information content (AvgIpc) is 2.75. The monoisotopic (exact) mass is 406 g/mol. The van der Waals surface area contributed by atoms with Crippen molar-refractivity contribution in [2.75, 3.05) is 20.2 Å². The number of nitrogens with zero attached hydrogens (tertiary/aromatic N) is 2. The van der Waals surface area contributed by atoms with Crippen LogP contribution in [0.25, 0.3) is 22.0 Å². The highest BCUT2D eigenvalue weighted by Gasteiger charge is 2.16. The number of hydrogen-bond donors (Lipinski definition) is 0. The lowest BCUT2D eigenvalue weighted by molar-refractivity contribution is -0.131. The second-order valence-corrected chi connectivity index (χ2v) is 7.63. The Morgan fingerprint density at radius 2 is 1.70 bits per heavy atom.